The predicted molar refractivity (Wildman–Crippen MR) is 229 cm³/mol. The summed E-state index contributed by atoms with van der Waals surface area (Å²) in [6, 6.07) is 67.5. The molecule has 0 unspecified atom stereocenters. The standard InChI is InChI=1S/C51H32N4O/c1-3-14-33(15-4-1)35-18-13-19-38(30-35)50-52-49(34-16-5-2-6-17-34)53-51(54-50)43-22-8-11-24-45(43)55-44-23-10-7-20-39(44)40-28-26-36(31-46(40)55)37-27-29-42-41-21-9-12-25-47(41)56-48(42)32-37/h1-32H. The number of para-hydroxylation sites is 3. The second kappa shape index (κ2) is 13.0. The number of fused-ring (bicyclic) bond motifs is 6. The van der Waals surface area contributed by atoms with Crippen LogP contribution in [-0.4, -0.2) is 19.5 Å². The molecule has 0 amide bonds. The van der Waals surface area contributed by atoms with Crippen molar-refractivity contribution in [1.29, 1.82) is 0 Å². The highest BCUT2D eigenvalue weighted by Gasteiger charge is 2.20. The van der Waals surface area contributed by atoms with Crippen LogP contribution in [0.5, 0.6) is 0 Å². The molecule has 0 N–H and O–H groups in total. The van der Waals surface area contributed by atoms with Gasteiger partial charge in [-0.3, -0.25) is 0 Å². The number of hydrogen-bond donors (Lipinski definition) is 0. The van der Waals surface area contributed by atoms with Crippen molar-refractivity contribution in [2.75, 3.05) is 0 Å². The maximum Gasteiger partial charge on any atom is 0.166 e. The van der Waals surface area contributed by atoms with Crippen LogP contribution in [0.25, 0.3) is 106 Å². The first-order chi connectivity index (χ1) is 27.7. The monoisotopic (exact) mass is 716 g/mol. The van der Waals surface area contributed by atoms with Gasteiger partial charge in [-0.1, -0.05) is 146 Å². The van der Waals surface area contributed by atoms with Crippen LogP contribution in [0.15, 0.2) is 199 Å². The summed E-state index contributed by atoms with van der Waals surface area (Å²) in [5, 5.41) is 4.59. The lowest BCUT2D eigenvalue weighted by molar-refractivity contribution is 0.669. The van der Waals surface area contributed by atoms with Crippen molar-refractivity contribution in [3.8, 4) is 62.1 Å². The third-order valence-corrected chi connectivity index (χ3v) is 10.7. The number of hydrogen-bond acceptors (Lipinski definition) is 4. The summed E-state index contributed by atoms with van der Waals surface area (Å²) in [7, 11) is 0. The molecule has 0 saturated carbocycles. The third-order valence-electron chi connectivity index (χ3n) is 10.7. The number of nitrogens with zero attached hydrogens (tertiary/aromatic N) is 4. The van der Waals surface area contributed by atoms with Gasteiger partial charge in [-0.2, -0.15) is 0 Å². The van der Waals surface area contributed by atoms with Crippen LogP contribution in [0.3, 0.4) is 0 Å². The fourth-order valence-corrected chi connectivity index (χ4v) is 7.98. The van der Waals surface area contributed by atoms with E-state index in [2.05, 4.69) is 150 Å². The normalized spacial score (nSPS) is 11.6. The number of aromatic nitrogens is 4. The first-order valence-electron chi connectivity index (χ1n) is 18.8. The molecular formula is C51H32N4O. The summed E-state index contributed by atoms with van der Waals surface area (Å²) in [4.78, 5) is 15.5. The maximum atomic E-state index is 6.30. The lowest BCUT2D eigenvalue weighted by Crippen LogP contribution is -2.03. The van der Waals surface area contributed by atoms with Crippen molar-refractivity contribution >= 4 is 43.7 Å². The van der Waals surface area contributed by atoms with E-state index >= 15 is 0 Å². The van der Waals surface area contributed by atoms with Crippen LogP contribution >= 0.6 is 0 Å². The predicted octanol–water partition coefficient (Wildman–Crippen LogP) is 13.2. The fourth-order valence-electron chi connectivity index (χ4n) is 7.98. The molecule has 0 saturated heterocycles. The van der Waals surface area contributed by atoms with E-state index in [1.54, 1.807) is 0 Å². The van der Waals surface area contributed by atoms with E-state index in [9.17, 15) is 0 Å². The average molecular weight is 717 g/mol. The molecule has 0 aliphatic heterocycles. The van der Waals surface area contributed by atoms with Crippen LogP contribution in [0.1, 0.15) is 0 Å². The van der Waals surface area contributed by atoms with E-state index < -0.39 is 0 Å². The van der Waals surface area contributed by atoms with Crippen molar-refractivity contribution < 1.29 is 4.42 Å². The van der Waals surface area contributed by atoms with Gasteiger partial charge in [-0.05, 0) is 70.8 Å². The van der Waals surface area contributed by atoms with Gasteiger partial charge in [-0.15, -0.1) is 0 Å². The SMILES string of the molecule is c1ccc(-c2cccc(-c3nc(-c4ccccc4)nc(-c4ccccc4-n4c5ccccc5c5ccc(-c6ccc7c(c6)oc6ccccc67)cc54)n3)c2)cc1. The second-order valence-electron chi connectivity index (χ2n) is 14.0. The minimum atomic E-state index is 0.604. The van der Waals surface area contributed by atoms with E-state index in [0.717, 1.165) is 77.6 Å². The van der Waals surface area contributed by atoms with Gasteiger partial charge in [-0.25, -0.2) is 15.0 Å². The molecule has 262 valence electrons. The van der Waals surface area contributed by atoms with Crippen LogP contribution in [0.2, 0.25) is 0 Å². The highest BCUT2D eigenvalue weighted by molar-refractivity contribution is 6.11. The van der Waals surface area contributed by atoms with Gasteiger partial charge >= 0.3 is 0 Å². The van der Waals surface area contributed by atoms with E-state index in [1.165, 1.54) is 10.8 Å². The number of benzene rings is 8. The lowest BCUT2D eigenvalue weighted by atomic mass is 10.0. The topological polar surface area (TPSA) is 56.7 Å². The molecule has 8 aromatic carbocycles. The Morgan fingerprint density at radius 3 is 1.71 bits per heavy atom. The zero-order chi connectivity index (χ0) is 37.0. The van der Waals surface area contributed by atoms with Gasteiger partial charge in [0.05, 0.1) is 16.7 Å². The summed E-state index contributed by atoms with van der Waals surface area (Å²) in [5.41, 5.74) is 12.2. The Morgan fingerprint density at radius 1 is 0.321 bits per heavy atom. The number of furan rings is 1. The van der Waals surface area contributed by atoms with Crippen LogP contribution in [0.4, 0.5) is 0 Å². The third kappa shape index (κ3) is 5.37. The fraction of sp³-hybridized carbons (Fsp3) is 0. The summed E-state index contributed by atoms with van der Waals surface area (Å²) < 4.78 is 8.65. The molecule has 0 atom stereocenters. The van der Waals surface area contributed by atoms with E-state index in [4.69, 9.17) is 19.4 Å². The molecule has 0 fully saturated rings. The van der Waals surface area contributed by atoms with Crippen molar-refractivity contribution in [1.82, 2.24) is 19.5 Å². The Bertz CT molecular complexity index is 3250. The highest BCUT2D eigenvalue weighted by Crippen LogP contribution is 2.39. The lowest BCUT2D eigenvalue weighted by Gasteiger charge is -2.15. The van der Waals surface area contributed by atoms with E-state index in [0.29, 0.717) is 17.5 Å². The van der Waals surface area contributed by atoms with Crippen LogP contribution < -0.4 is 0 Å². The Kier molecular flexibility index (Phi) is 7.42. The van der Waals surface area contributed by atoms with Crippen molar-refractivity contribution in [3.63, 3.8) is 0 Å². The van der Waals surface area contributed by atoms with Crippen LogP contribution in [-0.2, 0) is 0 Å². The molecule has 11 rings (SSSR count). The summed E-state index contributed by atoms with van der Waals surface area (Å²) in [6.45, 7) is 0. The first-order valence-corrected chi connectivity index (χ1v) is 18.8. The molecule has 0 aliphatic carbocycles. The molecule has 0 bridgehead atoms. The van der Waals surface area contributed by atoms with Gasteiger partial charge in [0.25, 0.3) is 0 Å². The maximum absolute atomic E-state index is 6.30. The molecule has 5 heteroatoms. The molecule has 5 nitrogen and oxygen atoms in total. The largest absolute Gasteiger partial charge is 0.456 e. The van der Waals surface area contributed by atoms with Crippen molar-refractivity contribution in [2.24, 2.45) is 0 Å². The number of rotatable bonds is 6. The molecule has 0 aliphatic rings. The Hall–Kier alpha value is -7.63. The quantitative estimate of drug-likeness (QED) is 0.172. The molecule has 56 heavy (non-hydrogen) atoms. The molecule has 11 aromatic rings. The molecular weight excluding hydrogens is 685 g/mol. The summed E-state index contributed by atoms with van der Waals surface area (Å²) in [6.07, 6.45) is 0. The van der Waals surface area contributed by atoms with Gasteiger partial charge < -0.3 is 8.98 Å². The highest BCUT2D eigenvalue weighted by atomic mass is 16.3. The van der Waals surface area contributed by atoms with Gasteiger partial charge in [0.2, 0.25) is 0 Å². The second-order valence-corrected chi connectivity index (χ2v) is 14.0. The summed E-state index contributed by atoms with van der Waals surface area (Å²) >= 11 is 0. The van der Waals surface area contributed by atoms with Crippen molar-refractivity contribution in [2.45, 2.75) is 0 Å². The Balaban J connectivity index is 1.11. The zero-order valence-electron chi connectivity index (χ0n) is 30.2. The molecule has 0 radical (unpaired) electrons. The van der Waals surface area contributed by atoms with Gasteiger partial charge in [0.1, 0.15) is 11.2 Å². The molecule has 3 heterocycles. The average Bonchev–Trinajstić information content (AvgIpc) is 3.82. The molecule has 3 aromatic heterocycles. The first kappa shape index (κ1) is 31.9. The smallest absolute Gasteiger partial charge is 0.166 e. The van der Waals surface area contributed by atoms with Gasteiger partial charge in [0.15, 0.2) is 17.5 Å². The summed E-state index contributed by atoms with van der Waals surface area (Å²) in [5.74, 6) is 1.84. The Morgan fingerprint density at radius 2 is 0.875 bits per heavy atom. The van der Waals surface area contributed by atoms with Crippen LogP contribution in [0, 0.1) is 0 Å². The minimum Gasteiger partial charge on any atom is -0.456 e. The zero-order valence-corrected chi connectivity index (χ0v) is 30.2. The minimum absolute atomic E-state index is 0.604. The van der Waals surface area contributed by atoms with Crippen molar-refractivity contribution in [3.05, 3.63) is 194 Å². The van der Waals surface area contributed by atoms with Gasteiger partial charge in [0, 0.05) is 38.2 Å². The molecule has 0 spiro atoms. The Labute approximate surface area is 322 Å². The van der Waals surface area contributed by atoms with E-state index in [-0.39, 0.29) is 0 Å². The van der Waals surface area contributed by atoms with E-state index in [1.807, 2.05) is 48.5 Å².